The Hall–Kier alpha value is -0.950. The minimum absolute atomic E-state index is 0.0697. The molecule has 0 spiro atoms. The molecule has 0 bridgehead atoms. The van der Waals surface area contributed by atoms with Gasteiger partial charge in [0.2, 0.25) is 5.91 Å². The molecular formula is C20H35N5O. The van der Waals surface area contributed by atoms with Crippen molar-refractivity contribution in [2.24, 2.45) is 11.8 Å². The van der Waals surface area contributed by atoms with E-state index < -0.39 is 0 Å². The maximum absolute atomic E-state index is 12.2. The first-order valence-corrected chi connectivity index (χ1v) is 10.5. The molecule has 4 aliphatic rings. The molecule has 3 aliphatic heterocycles. The Balaban J connectivity index is 1.46. The summed E-state index contributed by atoms with van der Waals surface area (Å²) < 4.78 is 0. The quantitative estimate of drug-likeness (QED) is 0.654. The highest BCUT2D eigenvalue weighted by Crippen LogP contribution is 2.32. The molecule has 0 aromatic heterocycles. The molecule has 26 heavy (non-hydrogen) atoms. The second-order valence-electron chi connectivity index (χ2n) is 8.81. The van der Waals surface area contributed by atoms with Gasteiger partial charge in [-0.25, -0.2) is 5.01 Å². The first kappa shape index (κ1) is 18.4. The van der Waals surface area contributed by atoms with Gasteiger partial charge in [-0.05, 0) is 24.8 Å². The maximum atomic E-state index is 12.2. The number of likely N-dealkylation sites (tertiary alicyclic amines) is 1. The van der Waals surface area contributed by atoms with E-state index in [2.05, 4.69) is 34.7 Å². The van der Waals surface area contributed by atoms with Gasteiger partial charge in [-0.1, -0.05) is 38.7 Å². The molecule has 3 heterocycles. The Morgan fingerprint density at radius 2 is 1.92 bits per heavy atom. The lowest BCUT2D eigenvalue weighted by Gasteiger charge is -2.44. The van der Waals surface area contributed by atoms with E-state index >= 15 is 0 Å². The summed E-state index contributed by atoms with van der Waals surface area (Å²) in [6.45, 7) is 6.42. The number of nitrogens with zero attached hydrogens (tertiary/aromatic N) is 2. The summed E-state index contributed by atoms with van der Waals surface area (Å²) in [5.74, 6) is 1.38. The van der Waals surface area contributed by atoms with Gasteiger partial charge in [0.15, 0.2) is 0 Å². The topological polar surface area (TPSA) is 59.6 Å². The molecule has 3 saturated heterocycles. The van der Waals surface area contributed by atoms with E-state index in [1.165, 1.54) is 51.0 Å². The van der Waals surface area contributed by atoms with Crippen LogP contribution >= 0.6 is 0 Å². The second kappa shape index (κ2) is 7.97. The average Bonchev–Trinajstić information content (AvgIpc) is 3.27. The molecule has 0 aromatic rings. The van der Waals surface area contributed by atoms with Crippen molar-refractivity contribution in [2.45, 2.75) is 69.2 Å². The highest BCUT2D eigenvalue weighted by Gasteiger charge is 2.47. The fourth-order valence-corrected chi connectivity index (χ4v) is 5.65. The molecule has 6 heteroatoms. The largest absolute Gasteiger partial charge is 0.337 e. The van der Waals surface area contributed by atoms with Crippen LogP contribution in [0.1, 0.15) is 44.9 Å². The Morgan fingerprint density at radius 1 is 1.12 bits per heavy atom. The van der Waals surface area contributed by atoms with Crippen molar-refractivity contribution in [1.82, 2.24) is 26.0 Å². The normalized spacial score (nSPS) is 39.1. The van der Waals surface area contributed by atoms with Crippen molar-refractivity contribution in [2.75, 3.05) is 26.7 Å². The third-order valence-corrected chi connectivity index (χ3v) is 7.01. The molecule has 4 rings (SSSR count). The van der Waals surface area contributed by atoms with E-state index in [9.17, 15) is 4.79 Å². The summed E-state index contributed by atoms with van der Waals surface area (Å²) in [7, 11) is 2.13. The number of hydrogen-bond donors (Lipinski definition) is 3. The molecule has 146 valence electrons. The van der Waals surface area contributed by atoms with E-state index in [4.69, 9.17) is 0 Å². The summed E-state index contributed by atoms with van der Waals surface area (Å²) in [6.07, 6.45) is 11.2. The SMILES string of the molecule is C=CC(=O)N1CC2NC(CC3CCCCC3)NC(C3CCN(C)N3)C2C1. The average molecular weight is 362 g/mol. The van der Waals surface area contributed by atoms with Crippen molar-refractivity contribution in [1.29, 1.82) is 0 Å². The predicted molar refractivity (Wildman–Crippen MR) is 103 cm³/mol. The zero-order valence-corrected chi connectivity index (χ0v) is 16.1. The molecule has 3 N–H and O–H groups in total. The number of carbonyl (C=O) groups excluding carboxylic acids is 1. The van der Waals surface area contributed by atoms with Crippen LogP contribution in [-0.2, 0) is 4.79 Å². The van der Waals surface area contributed by atoms with Crippen LogP contribution in [0.5, 0.6) is 0 Å². The molecule has 5 atom stereocenters. The summed E-state index contributed by atoms with van der Waals surface area (Å²) in [6, 6.07) is 1.27. The Kier molecular flexibility index (Phi) is 5.64. The predicted octanol–water partition coefficient (Wildman–Crippen LogP) is 1.07. The van der Waals surface area contributed by atoms with Gasteiger partial charge >= 0.3 is 0 Å². The fraction of sp³-hybridized carbons (Fsp3) is 0.850. The molecule has 0 radical (unpaired) electrons. The number of fused-ring (bicyclic) bond motifs is 1. The maximum Gasteiger partial charge on any atom is 0.246 e. The third-order valence-electron chi connectivity index (χ3n) is 7.01. The molecule has 1 amide bonds. The molecular weight excluding hydrogens is 326 g/mol. The molecule has 0 aromatic carbocycles. The standard InChI is InChI=1S/C20H35N5O/c1-3-19(26)25-12-15-17(13-25)21-18(11-14-7-5-4-6-8-14)22-20(15)16-9-10-24(2)23-16/h3,14-18,20-23H,1,4-13H2,2H3. The van der Waals surface area contributed by atoms with Crippen LogP contribution in [0.25, 0.3) is 0 Å². The van der Waals surface area contributed by atoms with Gasteiger partial charge in [0.05, 0.1) is 6.17 Å². The Bertz CT molecular complexity index is 520. The number of carbonyl (C=O) groups is 1. The van der Waals surface area contributed by atoms with Gasteiger partial charge < -0.3 is 4.90 Å². The van der Waals surface area contributed by atoms with Gasteiger partial charge in [-0.3, -0.25) is 20.9 Å². The second-order valence-corrected chi connectivity index (χ2v) is 8.81. The Labute approximate surface area is 157 Å². The molecule has 1 saturated carbocycles. The first-order chi connectivity index (χ1) is 12.6. The lowest BCUT2D eigenvalue weighted by Crippen LogP contribution is -2.67. The lowest BCUT2D eigenvalue weighted by atomic mass is 9.82. The van der Waals surface area contributed by atoms with Crippen molar-refractivity contribution < 1.29 is 4.79 Å². The highest BCUT2D eigenvalue weighted by atomic mass is 16.2. The van der Waals surface area contributed by atoms with E-state index in [1.807, 2.05) is 4.90 Å². The molecule has 4 fully saturated rings. The Morgan fingerprint density at radius 3 is 2.62 bits per heavy atom. The number of rotatable bonds is 4. The number of nitrogens with one attached hydrogen (secondary N) is 3. The summed E-state index contributed by atoms with van der Waals surface area (Å²) in [4.78, 5) is 14.1. The van der Waals surface area contributed by atoms with Crippen molar-refractivity contribution in [3.8, 4) is 0 Å². The van der Waals surface area contributed by atoms with Crippen LogP contribution in [0.2, 0.25) is 0 Å². The van der Waals surface area contributed by atoms with Crippen LogP contribution in [0.15, 0.2) is 12.7 Å². The number of amides is 1. The molecule has 5 unspecified atom stereocenters. The summed E-state index contributed by atoms with van der Waals surface area (Å²) >= 11 is 0. The van der Waals surface area contributed by atoms with Crippen LogP contribution < -0.4 is 16.1 Å². The van der Waals surface area contributed by atoms with Crippen molar-refractivity contribution in [3.05, 3.63) is 12.7 Å². The van der Waals surface area contributed by atoms with Gasteiger partial charge in [0, 0.05) is 50.7 Å². The summed E-state index contributed by atoms with van der Waals surface area (Å²) in [5.41, 5.74) is 3.64. The minimum atomic E-state index is 0.0697. The zero-order chi connectivity index (χ0) is 18.1. The van der Waals surface area contributed by atoms with Crippen LogP contribution in [0.4, 0.5) is 0 Å². The fourth-order valence-electron chi connectivity index (χ4n) is 5.65. The molecule has 6 nitrogen and oxygen atoms in total. The highest BCUT2D eigenvalue weighted by molar-refractivity contribution is 5.87. The minimum Gasteiger partial charge on any atom is -0.337 e. The van der Waals surface area contributed by atoms with E-state index in [-0.39, 0.29) is 5.91 Å². The van der Waals surface area contributed by atoms with Crippen molar-refractivity contribution in [3.63, 3.8) is 0 Å². The van der Waals surface area contributed by atoms with Crippen molar-refractivity contribution >= 4 is 5.91 Å². The van der Waals surface area contributed by atoms with E-state index in [0.717, 1.165) is 25.6 Å². The van der Waals surface area contributed by atoms with Gasteiger partial charge in [-0.2, -0.15) is 0 Å². The van der Waals surface area contributed by atoms with Gasteiger partial charge in [0.1, 0.15) is 0 Å². The smallest absolute Gasteiger partial charge is 0.246 e. The van der Waals surface area contributed by atoms with Crippen LogP contribution in [0.3, 0.4) is 0 Å². The summed E-state index contributed by atoms with van der Waals surface area (Å²) in [5, 5.41) is 10.0. The van der Waals surface area contributed by atoms with Crippen LogP contribution in [0, 0.1) is 11.8 Å². The van der Waals surface area contributed by atoms with E-state index in [1.54, 1.807) is 0 Å². The van der Waals surface area contributed by atoms with E-state index in [0.29, 0.717) is 30.2 Å². The van der Waals surface area contributed by atoms with Gasteiger partial charge in [-0.15, -0.1) is 0 Å². The molecule has 1 aliphatic carbocycles. The lowest BCUT2D eigenvalue weighted by molar-refractivity contribution is -0.125. The van der Waals surface area contributed by atoms with Crippen LogP contribution in [-0.4, -0.2) is 66.8 Å². The first-order valence-electron chi connectivity index (χ1n) is 10.5. The van der Waals surface area contributed by atoms with Gasteiger partial charge in [0.25, 0.3) is 0 Å². The zero-order valence-electron chi connectivity index (χ0n) is 16.1. The monoisotopic (exact) mass is 361 g/mol. The number of hydrogen-bond acceptors (Lipinski definition) is 5. The third kappa shape index (κ3) is 3.84. The number of hydrazine groups is 1.